The number of thioether (sulfide) groups is 1. The van der Waals surface area contributed by atoms with Crippen LogP contribution in [0.3, 0.4) is 0 Å². The molecule has 0 saturated carbocycles. The van der Waals surface area contributed by atoms with Gasteiger partial charge in [-0.2, -0.15) is 11.8 Å². The number of morpholine rings is 1. The van der Waals surface area contributed by atoms with Gasteiger partial charge in [0.1, 0.15) is 0 Å². The lowest BCUT2D eigenvalue weighted by molar-refractivity contribution is -0.0120. The lowest BCUT2D eigenvalue weighted by Crippen LogP contribution is -2.60. The van der Waals surface area contributed by atoms with Crippen molar-refractivity contribution in [3.05, 3.63) is 24.1 Å². The summed E-state index contributed by atoms with van der Waals surface area (Å²) in [5.74, 6) is 3.35. The molecule has 1 aromatic heterocycles. The minimum atomic E-state index is -0.262. The van der Waals surface area contributed by atoms with Gasteiger partial charge in [-0.25, -0.2) is 9.37 Å². The zero-order valence-corrected chi connectivity index (χ0v) is 20.6. The molecule has 0 amide bonds. The van der Waals surface area contributed by atoms with E-state index in [0.29, 0.717) is 5.82 Å². The first-order valence-corrected chi connectivity index (χ1v) is 11.6. The first kappa shape index (κ1) is 23.8. The topological polar surface area (TPSA) is 65.0 Å². The van der Waals surface area contributed by atoms with Crippen molar-refractivity contribution in [3.63, 3.8) is 0 Å². The molecule has 10 heteroatoms. The second-order valence-electron chi connectivity index (χ2n) is 7.94. The van der Waals surface area contributed by atoms with Crippen LogP contribution in [0.15, 0.2) is 23.3 Å². The van der Waals surface area contributed by atoms with Crippen molar-refractivity contribution in [1.82, 2.24) is 20.5 Å². The summed E-state index contributed by atoms with van der Waals surface area (Å²) in [7, 11) is 1.81. The molecule has 4 heterocycles. The molecule has 4 rings (SSSR count). The Morgan fingerprint density at radius 3 is 2.93 bits per heavy atom. The van der Waals surface area contributed by atoms with Gasteiger partial charge in [0, 0.05) is 63.3 Å². The maximum Gasteiger partial charge on any atom is 0.191 e. The highest BCUT2D eigenvalue weighted by Gasteiger charge is 2.40. The van der Waals surface area contributed by atoms with E-state index >= 15 is 0 Å². The van der Waals surface area contributed by atoms with Crippen LogP contribution in [-0.2, 0) is 4.74 Å². The van der Waals surface area contributed by atoms with Crippen molar-refractivity contribution in [2.24, 2.45) is 4.99 Å². The van der Waals surface area contributed by atoms with Gasteiger partial charge in [-0.1, -0.05) is 0 Å². The average molecular weight is 550 g/mol. The van der Waals surface area contributed by atoms with E-state index in [0.717, 1.165) is 64.1 Å². The second-order valence-corrected chi connectivity index (χ2v) is 9.04. The number of ether oxygens (including phenoxy) is 1. The lowest BCUT2D eigenvalue weighted by atomic mass is 9.95. The Morgan fingerprint density at radius 2 is 2.23 bits per heavy atom. The Kier molecular flexibility index (Phi) is 8.84. The summed E-state index contributed by atoms with van der Waals surface area (Å²) in [5, 5.41) is 7.10. The summed E-state index contributed by atoms with van der Waals surface area (Å²) in [5.41, 5.74) is 0.171. The zero-order chi connectivity index (χ0) is 20.1. The Balaban J connectivity index is 0.00000256. The summed E-state index contributed by atoms with van der Waals surface area (Å²) < 4.78 is 19.6. The molecule has 0 radical (unpaired) electrons. The highest BCUT2D eigenvalue weighted by Crippen LogP contribution is 2.33. The number of pyridine rings is 1. The molecule has 0 aliphatic carbocycles. The summed E-state index contributed by atoms with van der Waals surface area (Å²) in [6.07, 6.45) is 3.77. The molecule has 30 heavy (non-hydrogen) atoms. The molecule has 3 fully saturated rings. The fourth-order valence-corrected chi connectivity index (χ4v) is 5.93. The Bertz CT molecular complexity index is 714. The molecule has 0 spiro atoms. The van der Waals surface area contributed by atoms with Crippen LogP contribution in [0, 0.1) is 5.82 Å². The first-order chi connectivity index (χ1) is 14.2. The number of guanidine groups is 1. The van der Waals surface area contributed by atoms with Crippen LogP contribution >= 0.6 is 35.7 Å². The molecule has 3 aliphatic rings. The molecule has 168 valence electrons. The maximum atomic E-state index is 14.0. The van der Waals surface area contributed by atoms with E-state index in [-0.39, 0.29) is 41.4 Å². The average Bonchev–Trinajstić information content (AvgIpc) is 3.42. The van der Waals surface area contributed by atoms with E-state index in [1.165, 1.54) is 18.2 Å². The molecule has 2 atom stereocenters. The molecular weight excluding hydrogens is 518 g/mol. The third-order valence-corrected chi connectivity index (χ3v) is 7.37. The molecule has 3 aliphatic heterocycles. The predicted molar refractivity (Wildman–Crippen MR) is 132 cm³/mol. The minimum absolute atomic E-state index is 0. The monoisotopic (exact) mass is 550 g/mol. The highest BCUT2D eigenvalue weighted by atomic mass is 127. The van der Waals surface area contributed by atoms with Gasteiger partial charge in [-0.3, -0.25) is 9.89 Å². The normalized spacial score (nSPS) is 27.7. The number of aromatic nitrogens is 1. The smallest absolute Gasteiger partial charge is 0.191 e. The van der Waals surface area contributed by atoms with Gasteiger partial charge in [0.05, 0.1) is 13.2 Å². The first-order valence-electron chi connectivity index (χ1n) is 10.4. The van der Waals surface area contributed by atoms with Gasteiger partial charge in [-0.15, -0.1) is 24.0 Å². The van der Waals surface area contributed by atoms with Gasteiger partial charge in [-0.05, 0) is 30.7 Å². The van der Waals surface area contributed by atoms with Gasteiger partial charge < -0.3 is 20.3 Å². The number of hydrogen-bond donors (Lipinski definition) is 2. The summed E-state index contributed by atoms with van der Waals surface area (Å²) >= 11 is 2.03. The standard InChI is InChI=1S/C20H31FN6OS.HI/c1-22-19(24-14-20(5-12-29-15-20)27-8-10-28-11-9-27)25-16-4-7-26(13-16)18-17(21)3-2-6-23-18;/h2-3,6,16H,4-5,7-15H2,1H3,(H2,22,24,25);1H. The summed E-state index contributed by atoms with van der Waals surface area (Å²) in [6.45, 7) is 6.03. The van der Waals surface area contributed by atoms with Crippen LogP contribution in [0.2, 0.25) is 0 Å². The highest BCUT2D eigenvalue weighted by molar-refractivity contribution is 14.0. The van der Waals surface area contributed by atoms with Gasteiger partial charge in [0.15, 0.2) is 17.6 Å². The minimum Gasteiger partial charge on any atom is -0.379 e. The predicted octanol–water partition coefficient (Wildman–Crippen LogP) is 1.79. The number of rotatable bonds is 5. The van der Waals surface area contributed by atoms with Crippen molar-refractivity contribution in [2.75, 3.05) is 69.4 Å². The van der Waals surface area contributed by atoms with Gasteiger partial charge in [0.2, 0.25) is 0 Å². The SMILES string of the molecule is CN=C(NCC1(N2CCOCC2)CCSC1)NC1CCN(c2ncccc2F)C1.I. The molecule has 2 unspecified atom stereocenters. The van der Waals surface area contributed by atoms with Crippen LogP contribution in [0.5, 0.6) is 0 Å². The molecular formula is C20H32FIN6OS. The summed E-state index contributed by atoms with van der Waals surface area (Å²) in [6, 6.07) is 3.32. The van der Waals surface area contributed by atoms with E-state index in [1.54, 1.807) is 12.3 Å². The number of hydrogen-bond acceptors (Lipinski definition) is 6. The van der Waals surface area contributed by atoms with E-state index in [2.05, 4.69) is 25.5 Å². The quantitative estimate of drug-likeness (QED) is 0.330. The second kappa shape index (κ2) is 11.1. The van der Waals surface area contributed by atoms with Crippen LogP contribution < -0.4 is 15.5 Å². The van der Waals surface area contributed by atoms with E-state index < -0.39 is 0 Å². The Hall–Kier alpha value is -0.850. The van der Waals surface area contributed by atoms with Crippen molar-refractivity contribution in [1.29, 1.82) is 0 Å². The molecule has 3 saturated heterocycles. The van der Waals surface area contributed by atoms with E-state index in [1.807, 2.05) is 23.7 Å². The number of halogens is 2. The molecule has 1 aromatic rings. The molecule has 0 bridgehead atoms. The van der Waals surface area contributed by atoms with Crippen LogP contribution in [0.1, 0.15) is 12.8 Å². The van der Waals surface area contributed by atoms with Gasteiger partial charge >= 0.3 is 0 Å². The zero-order valence-electron chi connectivity index (χ0n) is 17.5. The van der Waals surface area contributed by atoms with Crippen molar-refractivity contribution < 1.29 is 9.13 Å². The number of aliphatic imine (C=N–C) groups is 1. The fourth-order valence-electron chi connectivity index (χ4n) is 4.45. The maximum absolute atomic E-state index is 14.0. The van der Waals surface area contributed by atoms with E-state index in [4.69, 9.17) is 4.74 Å². The van der Waals surface area contributed by atoms with Crippen LogP contribution in [0.25, 0.3) is 0 Å². The molecule has 0 aromatic carbocycles. The van der Waals surface area contributed by atoms with Crippen molar-refractivity contribution in [3.8, 4) is 0 Å². The van der Waals surface area contributed by atoms with Crippen molar-refractivity contribution >= 4 is 47.5 Å². The number of nitrogens with one attached hydrogen (secondary N) is 2. The number of nitrogens with zero attached hydrogens (tertiary/aromatic N) is 4. The lowest BCUT2D eigenvalue weighted by Gasteiger charge is -2.43. The van der Waals surface area contributed by atoms with Crippen LogP contribution in [-0.4, -0.2) is 91.9 Å². The van der Waals surface area contributed by atoms with Gasteiger partial charge in [0.25, 0.3) is 0 Å². The Morgan fingerprint density at radius 1 is 1.40 bits per heavy atom. The molecule has 2 N–H and O–H groups in total. The summed E-state index contributed by atoms with van der Waals surface area (Å²) in [4.78, 5) is 13.2. The third-order valence-electron chi connectivity index (χ3n) is 6.14. The largest absolute Gasteiger partial charge is 0.379 e. The fraction of sp³-hybridized carbons (Fsp3) is 0.700. The molecule has 7 nitrogen and oxygen atoms in total. The van der Waals surface area contributed by atoms with Crippen LogP contribution in [0.4, 0.5) is 10.2 Å². The third kappa shape index (κ3) is 5.49. The Labute approximate surface area is 199 Å². The number of anilines is 1. The van der Waals surface area contributed by atoms with E-state index in [9.17, 15) is 4.39 Å². The van der Waals surface area contributed by atoms with Crippen molar-refractivity contribution in [2.45, 2.75) is 24.4 Å².